The van der Waals surface area contributed by atoms with Gasteiger partial charge in [-0.15, -0.1) is 0 Å². The van der Waals surface area contributed by atoms with Crippen LogP contribution in [0.4, 0.5) is 0 Å². The molecule has 3 heteroatoms. The zero-order valence-electron chi connectivity index (χ0n) is 14.7. The van der Waals surface area contributed by atoms with E-state index in [0.29, 0.717) is 17.5 Å². The Morgan fingerprint density at radius 2 is 1.90 bits per heavy atom. The lowest BCUT2D eigenvalue weighted by Gasteiger charge is -2.40. The lowest BCUT2D eigenvalue weighted by Crippen LogP contribution is -2.52. The van der Waals surface area contributed by atoms with Gasteiger partial charge in [0.15, 0.2) is 0 Å². The molecule has 120 valence electrons. The predicted octanol–water partition coefficient (Wildman–Crippen LogP) is 2.82. The Morgan fingerprint density at radius 1 is 1.20 bits per heavy atom. The molecule has 3 nitrogen and oxygen atoms in total. The van der Waals surface area contributed by atoms with Gasteiger partial charge in [-0.1, -0.05) is 34.6 Å². The van der Waals surface area contributed by atoms with Gasteiger partial charge in [-0.2, -0.15) is 0 Å². The van der Waals surface area contributed by atoms with Crippen molar-refractivity contribution >= 4 is 0 Å². The van der Waals surface area contributed by atoms with Crippen molar-refractivity contribution in [1.82, 2.24) is 15.1 Å². The first-order valence-corrected chi connectivity index (χ1v) is 8.58. The fraction of sp³-hybridized carbons (Fsp3) is 1.00. The van der Waals surface area contributed by atoms with Crippen LogP contribution < -0.4 is 5.32 Å². The molecule has 2 atom stereocenters. The molecule has 1 heterocycles. The second kappa shape index (κ2) is 8.35. The average Bonchev–Trinajstić information content (AvgIpc) is 2.37. The summed E-state index contributed by atoms with van der Waals surface area (Å²) in [5.74, 6) is 0. The van der Waals surface area contributed by atoms with Gasteiger partial charge in [0, 0.05) is 31.7 Å². The number of likely N-dealkylation sites (N-methyl/N-ethyl adjacent to an activating group) is 1. The molecule has 0 amide bonds. The maximum Gasteiger partial charge on any atom is 0.0195 e. The van der Waals surface area contributed by atoms with E-state index in [1.807, 2.05) is 0 Å². The monoisotopic (exact) mass is 283 g/mol. The molecule has 1 N–H and O–H groups in total. The van der Waals surface area contributed by atoms with Crippen molar-refractivity contribution in [2.45, 2.75) is 66.5 Å². The smallest absolute Gasteiger partial charge is 0.0195 e. The first-order valence-electron chi connectivity index (χ1n) is 8.58. The molecule has 0 bridgehead atoms. The summed E-state index contributed by atoms with van der Waals surface area (Å²) in [6.45, 7) is 21.2. The van der Waals surface area contributed by atoms with Crippen LogP contribution >= 0.6 is 0 Å². The SMILES string of the molecule is CCCNC(CCN1CCN(CC)C(C)C1)C(C)(C)C. The van der Waals surface area contributed by atoms with E-state index in [4.69, 9.17) is 0 Å². The number of nitrogens with zero attached hydrogens (tertiary/aromatic N) is 2. The molecule has 2 unspecified atom stereocenters. The molecule has 1 fully saturated rings. The van der Waals surface area contributed by atoms with Gasteiger partial charge in [0.25, 0.3) is 0 Å². The lowest BCUT2D eigenvalue weighted by molar-refractivity contribution is 0.0810. The summed E-state index contributed by atoms with van der Waals surface area (Å²) in [5.41, 5.74) is 0.353. The summed E-state index contributed by atoms with van der Waals surface area (Å²) < 4.78 is 0. The molecule has 1 aliphatic heterocycles. The molecule has 1 saturated heterocycles. The Bertz CT molecular complexity index is 259. The molecular weight excluding hydrogens is 246 g/mol. The van der Waals surface area contributed by atoms with Crippen molar-refractivity contribution in [2.75, 3.05) is 39.3 Å². The summed E-state index contributed by atoms with van der Waals surface area (Å²) in [5, 5.41) is 3.74. The third-order valence-electron chi connectivity index (χ3n) is 4.68. The normalized spacial score (nSPS) is 24.0. The Morgan fingerprint density at radius 3 is 2.40 bits per heavy atom. The second-order valence-corrected chi connectivity index (χ2v) is 7.44. The minimum atomic E-state index is 0.353. The third-order valence-corrected chi connectivity index (χ3v) is 4.68. The summed E-state index contributed by atoms with van der Waals surface area (Å²) in [6, 6.07) is 1.34. The second-order valence-electron chi connectivity index (χ2n) is 7.44. The van der Waals surface area contributed by atoms with Crippen molar-refractivity contribution in [2.24, 2.45) is 5.41 Å². The topological polar surface area (TPSA) is 18.5 Å². The van der Waals surface area contributed by atoms with E-state index in [0.717, 1.165) is 6.54 Å². The van der Waals surface area contributed by atoms with Crippen LogP contribution in [0.2, 0.25) is 0 Å². The number of nitrogens with one attached hydrogen (secondary N) is 1. The van der Waals surface area contributed by atoms with Crippen LogP contribution in [0.15, 0.2) is 0 Å². The summed E-state index contributed by atoms with van der Waals surface area (Å²) in [4.78, 5) is 5.25. The first kappa shape index (κ1) is 17.9. The van der Waals surface area contributed by atoms with Gasteiger partial charge < -0.3 is 10.2 Å². The Hall–Kier alpha value is -0.120. The van der Waals surface area contributed by atoms with Crippen LogP contribution in [0.5, 0.6) is 0 Å². The fourth-order valence-electron chi connectivity index (χ4n) is 3.22. The lowest BCUT2D eigenvalue weighted by atomic mass is 9.84. The van der Waals surface area contributed by atoms with Crippen molar-refractivity contribution < 1.29 is 0 Å². The van der Waals surface area contributed by atoms with Gasteiger partial charge in [-0.25, -0.2) is 0 Å². The maximum atomic E-state index is 3.74. The standard InChI is InChI=1S/C17H37N3/c1-7-10-18-16(17(4,5)6)9-11-19-12-13-20(8-2)15(3)14-19/h15-16,18H,7-14H2,1-6H3. The van der Waals surface area contributed by atoms with Crippen molar-refractivity contribution in [1.29, 1.82) is 0 Å². The zero-order valence-corrected chi connectivity index (χ0v) is 14.7. The van der Waals surface area contributed by atoms with E-state index in [1.54, 1.807) is 0 Å². The van der Waals surface area contributed by atoms with E-state index in [9.17, 15) is 0 Å². The minimum Gasteiger partial charge on any atom is -0.313 e. The summed E-state index contributed by atoms with van der Waals surface area (Å²) in [6.07, 6.45) is 2.49. The van der Waals surface area contributed by atoms with Crippen LogP contribution in [0.25, 0.3) is 0 Å². The molecule has 1 aliphatic rings. The Balaban J connectivity index is 2.40. The molecular formula is C17H37N3. The number of piperazine rings is 1. The van der Waals surface area contributed by atoms with Gasteiger partial charge in [-0.3, -0.25) is 4.90 Å². The van der Waals surface area contributed by atoms with E-state index in [-0.39, 0.29) is 0 Å². The highest BCUT2D eigenvalue weighted by Crippen LogP contribution is 2.22. The van der Waals surface area contributed by atoms with Crippen LogP contribution in [-0.2, 0) is 0 Å². The summed E-state index contributed by atoms with van der Waals surface area (Å²) in [7, 11) is 0. The number of rotatable bonds is 7. The summed E-state index contributed by atoms with van der Waals surface area (Å²) >= 11 is 0. The fourth-order valence-corrected chi connectivity index (χ4v) is 3.22. The number of hydrogen-bond acceptors (Lipinski definition) is 3. The van der Waals surface area contributed by atoms with E-state index < -0.39 is 0 Å². The highest BCUT2D eigenvalue weighted by Gasteiger charge is 2.26. The van der Waals surface area contributed by atoms with Crippen molar-refractivity contribution in [3.8, 4) is 0 Å². The molecule has 0 radical (unpaired) electrons. The minimum absolute atomic E-state index is 0.353. The third kappa shape index (κ3) is 5.71. The molecule has 0 spiro atoms. The zero-order chi connectivity index (χ0) is 15.2. The highest BCUT2D eigenvalue weighted by molar-refractivity contribution is 4.84. The van der Waals surface area contributed by atoms with E-state index in [2.05, 4.69) is 56.7 Å². The van der Waals surface area contributed by atoms with Gasteiger partial charge in [0.1, 0.15) is 0 Å². The average molecular weight is 284 g/mol. The number of hydrogen-bond donors (Lipinski definition) is 1. The van der Waals surface area contributed by atoms with Crippen LogP contribution in [-0.4, -0.2) is 61.2 Å². The molecule has 20 heavy (non-hydrogen) atoms. The van der Waals surface area contributed by atoms with Crippen LogP contribution in [0.3, 0.4) is 0 Å². The van der Waals surface area contributed by atoms with Gasteiger partial charge in [0.2, 0.25) is 0 Å². The molecule has 0 aliphatic carbocycles. The largest absolute Gasteiger partial charge is 0.313 e. The molecule has 0 saturated carbocycles. The van der Waals surface area contributed by atoms with Gasteiger partial charge in [0.05, 0.1) is 0 Å². The Labute approximate surface area is 127 Å². The maximum absolute atomic E-state index is 3.74. The quantitative estimate of drug-likeness (QED) is 0.775. The van der Waals surface area contributed by atoms with E-state index in [1.165, 1.54) is 45.6 Å². The van der Waals surface area contributed by atoms with Crippen LogP contribution in [0, 0.1) is 5.41 Å². The van der Waals surface area contributed by atoms with Gasteiger partial charge >= 0.3 is 0 Å². The molecule has 0 aromatic carbocycles. The highest BCUT2D eigenvalue weighted by atomic mass is 15.3. The predicted molar refractivity (Wildman–Crippen MR) is 89.3 cm³/mol. The van der Waals surface area contributed by atoms with Crippen molar-refractivity contribution in [3.05, 3.63) is 0 Å². The van der Waals surface area contributed by atoms with Crippen molar-refractivity contribution in [3.63, 3.8) is 0 Å². The molecule has 0 aromatic rings. The first-order chi connectivity index (χ1) is 9.38. The van der Waals surface area contributed by atoms with E-state index >= 15 is 0 Å². The van der Waals surface area contributed by atoms with Crippen LogP contribution in [0.1, 0.15) is 54.4 Å². The molecule has 0 aromatic heterocycles. The molecule has 1 rings (SSSR count). The Kier molecular flexibility index (Phi) is 7.49. The van der Waals surface area contributed by atoms with Gasteiger partial charge in [-0.05, 0) is 44.8 Å².